The number of benzene rings is 2. The topological polar surface area (TPSA) is 80.3 Å². The van der Waals surface area contributed by atoms with Crippen LogP contribution in [0.15, 0.2) is 48.5 Å². The van der Waals surface area contributed by atoms with Crippen LogP contribution in [-0.2, 0) is 4.79 Å². The molecule has 0 aliphatic carbocycles. The van der Waals surface area contributed by atoms with E-state index in [-0.39, 0.29) is 23.8 Å². The smallest absolute Gasteiger partial charge is 0.387 e. The van der Waals surface area contributed by atoms with Crippen molar-refractivity contribution >= 4 is 11.8 Å². The molecule has 0 unspecified atom stereocenters. The molecule has 0 aromatic heterocycles. The van der Waals surface area contributed by atoms with Gasteiger partial charge in [-0.2, -0.15) is 8.78 Å². The average molecular weight is 463 g/mol. The molecule has 8 nitrogen and oxygen atoms in total. The van der Waals surface area contributed by atoms with Gasteiger partial charge in [0.2, 0.25) is 5.91 Å². The van der Waals surface area contributed by atoms with Gasteiger partial charge < -0.3 is 24.4 Å². The molecule has 33 heavy (non-hydrogen) atoms. The SMILES string of the molecule is COc1ccc(OCCN2CCN(C(=O)CNC(=O)c3cccc(OC(F)F)c3)CC2)cc1. The highest BCUT2D eigenvalue weighted by molar-refractivity contribution is 5.96. The summed E-state index contributed by atoms with van der Waals surface area (Å²) >= 11 is 0. The molecule has 0 bridgehead atoms. The van der Waals surface area contributed by atoms with Crippen molar-refractivity contribution in [3.8, 4) is 17.2 Å². The molecule has 1 aliphatic rings. The third kappa shape index (κ3) is 7.60. The van der Waals surface area contributed by atoms with E-state index in [2.05, 4.69) is 15.0 Å². The van der Waals surface area contributed by atoms with E-state index in [9.17, 15) is 18.4 Å². The number of carbonyl (C=O) groups is 2. The first kappa shape index (κ1) is 24.2. The van der Waals surface area contributed by atoms with Gasteiger partial charge in [-0.05, 0) is 42.5 Å². The van der Waals surface area contributed by atoms with Crippen molar-refractivity contribution in [2.24, 2.45) is 0 Å². The molecule has 10 heteroatoms. The first-order valence-electron chi connectivity index (χ1n) is 10.5. The van der Waals surface area contributed by atoms with Gasteiger partial charge in [0.05, 0.1) is 13.7 Å². The molecule has 1 aliphatic heterocycles. The fraction of sp³-hybridized carbons (Fsp3) is 0.391. The van der Waals surface area contributed by atoms with Crippen LogP contribution < -0.4 is 19.5 Å². The van der Waals surface area contributed by atoms with E-state index in [1.54, 1.807) is 12.0 Å². The lowest BCUT2D eigenvalue weighted by Gasteiger charge is -2.34. The van der Waals surface area contributed by atoms with E-state index in [0.29, 0.717) is 32.8 Å². The predicted molar refractivity (Wildman–Crippen MR) is 117 cm³/mol. The Morgan fingerprint density at radius 3 is 2.36 bits per heavy atom. The predicted octanol–water partition coefficient (Wildman–Crippen LogP) is 2.25. The summed E-state index contributed by atoms with van der Waals surface area (Å²) in [6.07, 6.45) is 0. The summed E-state index contributed by atoms with van der Waals surface area (Å²) in [6.45, 7) is 0.644. The maximum Gasteiger partial charge on any atom is 0.387 e. The number of nitrogens with zero attached hydrogens (tertiary/aromatic N) is 2. The van der Waals surface area contributed by atoms with Crippen molar-refractivity contribution in [2.45, 2.75) is 6.61 Å². The number of carbonyl (C=O) groups excluding carboxylic acids is 2. The Hall–Kier alpha value is -3.40. The summed E-state index contributed by atoms with van der Waals surface area (Å²) in [5.74, 6) is 0.700. The van der Waals surface area contributed by atoms with E-state index in [4.69, 9.17) is 9.47 Å². The molecular formula is C23H27F2N3O5. The Balaban J connectivity index is 1.35. The number of alkyl halides is 2. The van der Waals surface area contributed by atoms with Crippen LogP contribution in [0.2, 0.25) is 0 Å². The summed E-state index contributed by atoms with van der Waals surface area (Å²) in [7, 11) is 1.61. The zero-order valence-electron chi connectivity index (χ0n) is 18.3. The summed E-state index contributed by atoms with van der Waals surface area (Å²) in [5.41, 5.74) is 0.141. The largest absolute Gasteiger partial charge is 0.497 e. The lowest BCUT2D eigenvalue weighted by atomic mass is 10.2. The zero-order valence-corrected chi connectivity index (χ0v) is 18.3. The van der Waals surface area contributed by atoms with Crippen molar-refractivity contribution in [1.82, 2.24) is 15.1 Å². The second kappa shape index (κ2) is 12.0. The Morgan fingerprint density at radius 2 is 1.70 bits per heavy atom. The first-order valence-corrected chi connectivity index (χ1v) is 10.5. The molecule has 1 saturated heterocycles. The first-order chi connectivity index (χ1) is 15.9. The second-order valence-corrected chi connectivity index (χ2v) is 7.34. The number of hydrogen-bond acceptors (Lipinski definition) is 6. The number of methoxy groups -OCH3 is 1. The van der Waals surface area contributed by atoms with Crippen molar-refractivity contribution in [3.63, 3.8) is 0 Å². The fourth-order valence-corrected chi connectivity index (χ4v) is 3.37. The molecule has 1 fully saturated rings. The van der Waals surface area contributed by atoms with Crippen molar-refractivity contribution in [2.75, 3.05) is 53.0 Å². The van der Waals surface area contributed by atoms with E-state index in [1.807, 2.05) is 24.3 Å². The van der Waals surface area contributed by atoms with Gasteiger partial charge in [0.15, 0.2) is 0 Å². The monoisotopic (exact) mass is 463 g/mol. The van der Waals surface area contributed by atoms with Gasteiger partial charge in [0, 0.05) is 38.3 Å². The quantitative estimate of drug-likeness (QED) is 0.582. The molecule has 1 N–H and O–H groups in total. The standard InChI is InChI=1S/C23H27F2N3O5/c1-31-18-5-7-19(8-6-18)32-14-13-27-9-11-28(12-10-27)21(29)16-26-22(30)17-3-2-4-20(15-17)33-23(24)25/h2-8,15,23H,9-14,16H2,1H3,(H,26,30). The molecule has 0 atom stereocenters. The van der Waals surface area contributed by atoms with Crippen LogP contribution in [0.5, 0.6) is 17.2 Å². The number of halogens is 2. The van der Waals surface area contributed by atoms with Crippen LogP contribution in [0.25, 0.3) is 0 Å². The van der Waals surface area contributed by atoms with Crippen LogP contribution in [0.3, 0.4) is 0 Å². The van der Waals surface area contributed by atoms with Gasteiger partial charge in [0.25, 0.3) is 5.91 Å². The minimum atomic E-state index is -2.97. The van der Waals surface area contributed by atoms with Gasteiger partial charge in [-0.3, -0.25) is 14.5 Å². The van der Waals surface area contributed by atoms with Gasteiger partial charge in [-0.1, -0.05) is 6.07 Å². The van der Waals surface area contributed by atoms with E-state index >= 15 is 0 Å². The fourth-order valence-electron chi connectivity index (χ4n) is 3.37. The summed E-state index contributed by atoms with van der Waals surface area (Å²) in [4.78, 5) is 28.6. The van der Waals surface area contributed by atoms with Gasteiger partial charge in [0.1, 0.15) is 23.9 Å². The normalized spacial score (nSPS) is 14.1. The molecule has 0 saturated carbocycles. The highest BCUT2D eigenvalue weighted by Crippen LogP contribution is 2.17. The Bertz CT molecular complexity index is 919. The zero-order chi connectivity index (χ0) is 23.6. The maximum atomic E-state index is 12.4. The number of nitrogens with one attached hydrogen (secondary N) is 1. The molecule has 1 heterocycles. The minimum Gasteiger partial charge on any atom is -0.497 e. The van der Waals surface area contributed by atoms with Crippen molar-refractivity contribution < 1.29 is 32.6 Å². The second-order valence-electron chi connectivity index (χ2n) is 7.34. The van der Waals surface area contributed by atoms with Gasteiger partial charge in [-0.25, -0.2) is 0 Å². The van der Waals surface area contributed by atoms with Gasteiger partial charge in [-0.15, -0.1) is 0 Å². The average Bonchev–Trinajstić information content (AvgIpc) is 2.83. The number of ether oxygens (including phenoxy) is 3. The molecule has 3 rings (SSSR count). The maximum absolute atomic E-state index is 12.4. The number of piperazine rings is 1. The molecule has 2 aromatic carbocycles. The Kier molecular flexibility index (Phi) is 8.82. The summed E-state index contributed by atoms with van der Waals surface area (Å²) in [6, 6.07) is 12.8. The molecule has 2 amide bonds. The minimum absolute atomic E-state index is 0.115. The van der Waals surface area contributed by atoms with Crippen LogP contribution in [0.1, 0.15) is 10.4 Å². The lowest BCUT2D eigenvalue weighted by Crippen LogP contribution is -2.51. The van der Waals surface area contributed by atoms with Crippen LogP contribution >= 0.6 is 0 Å². The third-order valence-electron chi connectivity index (χ3n) is 5.18. The van der Waals surface area contributed by atoms with E-state index in [0.717, 1.165) is 18.0 Å². The van der Waals surface area contributed by atoms with Crippen LogP contribution in [-0.4, -0.2) is 81.2 Å². The molecular weight excluding hydrogens is 436 g/mol. The molecule has 0 radical (unpaired) electrons. The lowest BCUT2D eigenvalue weighted by molar-refractivity contribution is -0.131. The number of amides is 2. The number of rotatable bonds is 10. The van der Waals surface area contributed by atoms with Crippen molar-refractivity contribution in [3.05, 3.63) is 54.1 Å². The molecule has 2 aromatic rings. The Labute approximate surface area is 191 Å². The highest BCUT2D eigenvalue weighted by Gasteiger charge is 2.21. The van der Waals surface area contributed by atoms with Crippen LogP contribution in [0, 0.1) is 0 Å². The summed E-state index contributed by atoms with van der Waals surface area (Å²) < 4.78 is 39.8. The van der Waals surface area contributed by atoms with Crippen LogP contribution in [0.4, 0.5) is 8.78 Å². The summed E-state index contributed by atoms with van der Waals surface area (Å²) in [5, 5.41) is 2.53. The van der Waals surface area contributed by atoms with Gasteiger partial charge >= 0.3 is 6.61 Å². The van der Waals surface area contributed by atoms with Crippen molar-refractivity contribution in [1.29, 1.82) is 0 Å². The molecule has 0 spiro atoms. The van der Waals surface area contributed by atoms with E-state index < -0.39 is 12.5 Å². The highest BCUT2D eigenvalue weighted by atomic mass is 19.3. The van der Waals surface area contributed by atoms with E-state index in [1.165, 1.54) is 24.3 Å². The molecule has 178 valence electrons. The third-order valence-corrected chi connectivity index (χ3v) is 5.18. The Morgan fingerprint density at radius 1 is 1.00 bits per heavy atom. The number of hydrogen-bond donors (Lipinski definition) is 1.